The van der Waals surface area contributed by atoms with E-state index in [0.29, 0.717) is 5.92 Å². The molecule has 2 heterocycles. The topological polar surface area (TPSA) is 46.9 Å². The van der Waals surface area contributed by atoms with Crippen LogP contribution in [0.2, 0.25) is 0 Å². The van der Waals surface area contributed by atoms with Crippen LogP contribution in [0.1, 0.15) is 24.2 Å². The van der Waals surface area contributed by atoms with Gasteiger partial charge in [-0.15, -0.1) is 0 Å². The van der Waals surface area contributed by atoms with Crippen LogP contribution in [0.15, 0.2) is 10.9 Å². The predicted molar refractivity (Wildman–Crippen MR) is 63.6 cm³/mol. The van der Waals surface area contributed by atoms with Crippen LogP contribution in [-0.4, -0.2) is 22.6 Å². The minimum Gasteiger partial charge on any atom is -0.316 e. The minimum absolute atomic E-state index is 0.108. The van der Waals surface area contributed by atoms with E-state index >= 15 is 0 Å². The lowest BCUT2D eigenvalue weighted by Gasteiger charge is -2.24. The molecule has 0 spiro atoms. The van der Waals surface area contributed by atoms with E-state index in [9.17, 15) is 4.79 Å². The average Bonchev–Trinajstić information content (AvgIpc) is 2.25. The van der Waals surface area contributed by atoms with Gasteiger partial charge in [0.05, 0.1) is 0 Å². The molecule has 4 heteroatoms. The zero-order valence-corrected chi connectivity index (χ0v) is 9.99. The van der Waals surface area contributed by atoms with Gasteiger partial charge in [-0.25, -0.2) is 4.79 Å². The Morgan fingerprint density at radius 3 is 3.00 bits per heavy atom. The van der Waals surface area contributed by atoms with Gasteiger partial charge >= 0.3 is 5.69 Å². The number of hydrogen-bond donors (Lipinski definition) is 1. The van der Waals surface area contributed by atoms with Crippen molar-refractivity contribution >= 4 is 0 Å². The molecule has 2 rings (SSSR count). The first-order valence-electron chi connectivity index (χ1n) is 5.92. The Labute approximate surface area is 95.7 Å². The quantitative estimate of drug-likeness (QED) is 0.805. The van der Waals surface area contributed by atoms with Crippen molar-refractivity contribution in [2.24, 2.45) is 5.92 Å². The molecule has 1 saturated heterocycles. The van der Waals surface area contributed by atoms with Crippen LogP contribution in [0.4, 0.5) is 0 Å². The van der Waals surface area contributed by atoms with Gasteiger partial charge < -0.3 is 5.32 Å². The molecule has 16 heavy (non-hydrogen) atoms. The molecule has 1 aromatic rings. The summed E-state index contributed by atoms with van der Waals surface area (Å²) in [4.78, 5) is 15.8. The van der Waals surface area contributed by atoms with Crippen molar-refractivity contribution in [1.29, 1.82) is 0 Å². The largest absolute Gasteiger partial charge is 0.347 e. The maximum atomic E-state index is 11.8. The number of rotatable bonds is 2. The Morgan fingerprint density at radius 1 is 1.56 bits per heavy atom. The molecule has 0 bridgehead atoms. The van der Waals surface area contributed by atoms with Crippen molar-refractivity contribution in [1.82, 2.24) is 14.9 Å². The summed E-state index contributed by atoms with van der Waals surface area (Å²) < 4.78 is 1.80. The smallest absolute Gasteiger partial charge is 0.316 e. The SMILES string of the molecule is Cc1cc(C)n(CC2CCCNC2)c(=O)n1. The number of piperidine rings is 1. The average molecular weight is 221 g/mol. The highest BCUT2D eigenvalue weighted by molar-refractivity contribution is 5.06. The highest BCUT2D eigenvalue weighted by Gasteiger charge is 2.15. The third-order valence-corrected chi connectivity index (χ3v) is 3.19. The van der Waals surface area contributed by atoms with Gasteiger partial charge in [-0.05, 0) is 51.8 Å². The second kappa shape index (κ2) is 4.78. The zero-order valence-electron chi connectivity index (χ0n) is 9.99. The van der Waals surface area contributed by atoms with E-state index in [1.54, 1.807) is 4.57 Å². The second-order valence-electron chi connectivity index (χ2n) is 4.64. The third-order valence-electron chi connectivity index (χ3n) is 3.19. The lowest BCUT2D eigenvalue weighted by Crippen LogP contribution is -2.36. The fraction of sp³-hybridized carbons (Fsp3) is 0.667. The van der Waals surface area contributed by atoms with Gasteiger partial charge in [0, 0.05) is 17.9 Å². The molecular formula is C12H19N3O. The van der Waals surface area contributed by atoms with Crippen LogP contribution in [0.5, 0.6) is 0 Å². The molecule has 4 nitrogen and oxygen atoms in total. The number of nitrogens with one attached hydrogen (secondary N) is 1. The molecule has 1 unspecified atom stereocenters. The fourth-order valence-corrected chi connectivity index (χ4v) is 2.33. The van der Waals surface area contributed by atoms with E-state index < -0.39 is 0 Å². The fourth-order valence-electron chi connectivity index (χ4n) is 2.33. The molecule has 1 aliphatic heterocycles. The van der Waals surface area contributed by atoms with Crippen LogP contribution in [0.3, 0.4) is 0 Å². The second-order valence-corrected chi connectivity index (χ2v) is 4.64. The Morgan fingerprint density at radius 2 is 2.38 bits per heavy atom. The Hall–Kier alpha value is -1.16. The number of aromatic nitrogens is 2. The summed E-state index contributed by atoms with van der Waals surface area (Å²) in [6.45, 7) is 6.76. The van der Waals surface area contributed by atoms with E-state index in [0.717, 1.165) is 31.0 Å². The first-order valence-corrected chi connectivity index (χ1v) is 5.92. The molecule has 1 aliphatic rings. The summed E-state index contributed by atoms with van der Waals surface area (Å²) in [6, 6.07) is 1.97. The molecule has 0 aromatic carbocycles. The highest BCUT2D eigenvalue weighted by atomic mass is 16.1. The first-order chi connectivity index (χ1) is 7.66. The van der Waals surface area contributed by atoms with Crippen molar-refractivity contribution in [2.45, 2.75) is 33.2 Å². The van der Waals surface area contributed by atoms with Gasteiger partial charge in [0.1, 0.15) is 0 Å². The van der Waals surface area contributed by atoms with Crippen molar-refractivity contribution in [2.75, 3.05) is 13.1 Å². The summed E-state index contributed by atoms with van der Waals surface area (Å²) in [6.07, 6.45) is 2.41. The number of hydrogen-bond acceptors (Lipinski definition) is 3. The Bertz CT molecular complexity index is 419. The summed E-state index contributed by atoms with van der Waals surface area (Å²) in [5.41, 5.74) is 1.71. The molecule has 0 amide bonds. The van der Waals surface area contributed by atoms with Gasteiger partial charge in [-0.3, -0.25) is 4.57 Å². The van der Waals surface area contributed by atoms with Crippen LogP contribution in [0, 0.1) is 19.8 Å². The van der Waals surface area contributed by atoms with E-state index in [1.165, 1.54) is 12.8 Å². The van der Waals surface area contributed by atoms with E-state index in [-0.39, 0.29) is 5.69 Å². The molecule has 88 valence electrons. The van der Waals surface area contributed by atoms with E-state index in [4.69, 9.17) is 0 Å². The summed E-state index contributed by atoms with van der Waals surface area (Å²) >= 11 is 0. The van der Waals surface area contributed by atoms with Crippen LogP contribution >= 0.6 is 0 Å². The maximum absolute atomic E-state index is 11.8. The standard InChI is InChI=1S/C12H19N3O/c1-9-6-10(2)15(12(16)14-9)8-11-4-3-5-13-7-11/h6,11,13H,3-5,7-8H2,1-2H3. The zero-order chi connectivity index (χ0) is 11.5. The molecule has 1 aromatic heterocycles. The predicted octanol–water partition coefficient (Wildman–Crippen LogP) is 0.860. The van der Waals surface area contributed by atoms with Crippen molar-refractivity contribution in [3.8, 4) is 0 Å². The van der Waals surface area contributed by atoms with Gasteiger partial charge in [-0.2, -0.15) is 4.98 Å². The highest BCUT2D eigenvalue weighted by Crippen LogP contribution is 2.12. The molecule has 0 radical (unpaired) electrons. The number of nitrogens with zero attached hydrogens (tertiary/aromatic N) is 2. The lowest BCUT2D eigenvalue weighted by molar-refractivity contribution is 0.329. The van der Waals surface area contributed by atoms with Crippen LogP contribution in [0.25, 0.3) is 0 Å². The van der Waals surface area contributed by atoms with Crippen LogP contribution < -0.4 is 11.0 Å². The molecule has 0 aliphatic carbocycles. The van der Waals surface area contributed by atoms with E-state index in [2.05, 4.69) is 10.3 Å². The summed E-state index contributed by atoms with van der Waals surface area (Å²) in [5.74, 6) is 0.564. The molecule has 0 saturated carbocycles. The first kappa shape index (κ1) is 11.3. The van der Waals surface area contributed by atoms with Crippen LogP contribution in [-0.2, 0) is 6.54 Å². The minimum atomic E-state index is -0.108. The monoisotopic (exact) mass is 221 g/mol. The van der Waals surface area contributed by atoms with E-state index in [1.807, 2.05) is 19.9 Å². The molecule has 1 atom stereocenters. The summed E-state index contributed by atoms with van der Waals surface area (Å²) in [7, 11) is 0. The van der Waals surface area contributed by atoms with Crippen molar-refractivity contribution in [3.05, 3.63) is 27.9 Å². The van der Waals surface area contributed by atoms with Crippen molar-refractivity contribution in [3.63, 3.8) is 0 Å². The van der Waals surface area contributed by atoms with Gasteiger partial charge in [-0.1, -0.05) is 0 Å². The Kier molecular flexibility index (Phi) is 3.39. The van der Waals surface area contributed by atoms with Gasteiger partial charge in [0.2, 0.25) is 0 Å². The van der Waals surface area contributed by atoms with Crippen molar-refractivity contribution < 1.29 is 0 Å². The lowest BCUT2D eigenvalue weighted by atomic mass is 9.99. The Balaban J connectivity index is 2.17. The molecular weight excluding hydrogens is 202 g/mol. The normalized spacial score (nSPS) is 21.0. The third kappa shape index (κ3) is 2.50. The number of aryl methyl sites for hydroxylation is 2. The van der Waals surface area contributed by atoms with Gasteiger partial charge in [0.25, 0.3) is 0 Å². The maximum Gasteiger partial charge on any atom is 0.347 e. The van der Waals surface area contributed by atoms with Gasteiger partial charge in [0.15, 0.2) is 0 Å². The molecule has 1 fully saturated rings. The molecule has 1 N–H and O–H groups in total. The summed E-state index contributed by atoms with van der Waals surface area (Å²) in [5, 5.41) is 3.37.